The summed E-state index contributed by atoms with van der Waals surface area (Å²) in [5.74, 6) is -0.510. The van der Waals surface area contributed by atoms with Gasteiger partial charge in [-0.15, -0.1) is 0 Å². The molecule has 0 amide bonds. The first-order chi connectivity index (χ1) is 18.3. The van der Waals surface area contributed by atoms with Gasteiger partial charge in [0, 0.05) is 22.2 Å². The van der Waals surface area contributed by atoms with Crippen molar-refractivity contribution < 1.29 is 12.8 Å². The van der Waals surface area contributed by atoms with Crippen LogP contribution in [0.4, 0.5) is 21.6 Å². The number of aromatic nitrogens is 3. The molecule has 1 aliphatic rings. The number of hydrogen-bond donors (Lipinski definition) is 2. The first kappa shape index (κ1) is 27.1. The molecule has 2 N–H and O–H groups in total. The summed E-state index contributed by atoms with van der Waals surface area (Å²) < 4.78 is 45.2. The zero-order chi connectivity index (χ0) is 28.4. The smallest absolute Gasteiger partial charge is 0.336 e. The summed E-state index contributed by atoms with van der Waals surface area (Å²) in [4.78, 5) is 41.1. The van der Waals surface area contributed by atoms with Gasteiger partial charge in [-0.25, -0.2) is 17.6 Å². The minimum absolute atomic E-state index is 0.0564. The molecule has 0 saturated heterocycles. The average molecular weight is 665 g/mol. The van der Waals surface area contributed by atoms with Crippen molar-refractivity contribution in [3.05, 3.63) is 88.1 Å². The maximum absolute atomic E-state index is 14.8. The van der Waals surface area contributed by atoms with E-state index in [-0.39, 0.29) is 34.0 Å². The van der Waals surface area contributed by atoms with E-state index in [0.717, 1.165) is 6.26 Å². The number of benzene rings is 2. The molecule has 0 radical (unpaired) electrons. The molecule has 4 aromatic rings. The highest BCUT2D eigenvalue weighted by Gasteiger charge is 2.31. The number of halogens is 2. The number of nitrogens with zero attached hydrogens (tertiary/aromatic N) is 3. The molecule has 5 rings (SSSR count). The molecule has 1 aliphatic carbocycles. The van der Waals surface area contributed by atoms with E-state index in [9.17, 15) is 27.2 Å². The summed E-state index contributed by atoms with van der Waals surface area (Å²) in [5, 5.41) is 2.99. The molecule has 39 heavy (non-hydrogen) atoms. The Hall–Kier alpha value is -3.46. The SMILES string of the molecule is Cc1cc(-n2c(=O)n(C3CC3)c(=O)c3c(Nc4ccc(I)cc4F)n(C)c(=O)c(C)c32)ccc1NS(C)(=O)=O. The number of nitrogens with one attached hydrogen (secondary N) is 2. The standard InChI is InChI=1S/C26H25FIN5O5S/c1-13-11-17(8-10-19(13)30-39(4,37)38)32-22-14(2)24(34)31(3)23(29-20-9-5-15(28)12-18(20)27)21(22)25(35)33(26(32)36)16-6-7-16/h5,8-12,16,29-30H,6-7H2,1-4H3. The molecule has 0 spiro atoms. The van der Waals surface area contributed by atoms with Gasteiger partial charge >= 0.3 is 5.69 Å². The van der Waals surface area contributed by atoms with Crippen LogP contribution in [0.1, 0.15) is 30.0 Å². The Balaban J connectivity index is 1.88. The molecule has 13 heteroatoms. The lowest BCUT2D eigenvalue weighted by Crippen LogP contribution is -2.41. The minimum atomic E-state index is -3.54. The lowest BCUT2D eigenvalue weighted by Gasteiger charge is -2.21. The predicted molar refractivity (Wildman–Crippen MR) is 158 cm³/mol. The third kappa shape index (κ3) is 4.88. The van der Waals surface area contributed by atoms with E-state index < -0.39 is 32.6 Å². The average Bonchev–Trinajstić information content (AvgIpc) is 3.67. The van der Waals surface area contributed by atoms with E-state index in [4.69, 9.17) is 0 Å². The molecule has 0 unspecified atom stereocenters. The highest BCUT2D eigenvalue weighted by Crippen LogP contribution is 2.34. The summed E-state index contributed by atoms with van der Waals surface area (Å²) in [6, 6.07) is 8.91. The van der Waals surface area contributed by atoms with Gasteiger partial charge in [-0.05, 0) is 91.2 Å². The van der Waals surface area contributed by atoms with Crippen LogP contribution in [0.15, 0.2) is 50.8 Å². The highest BCUT2D eigenvalue weighted by atomic mass is 127. The monoisotopic (exact) mass is 665 g/mol. The molecular formula is C26H25FIN5O5S. The lowest BCUT2D eigenvalue weighted by atomic mass is 10.1. The Morgan fingerprint density at radius 1 is 1.00 bits per heavy atom. The fourth-order valence-corrected chi connectivity index (χ4v) is 5.76. The largest absolute Gasteiger partial charge is 0.338 e. The molecule has 10 nitrogen and oxygen atoms in total. The molecule has 2 aromatic heterocycles. The summed E-state index contributed by atoms with van der Waals surface area (Å²) >= 11 is 1.98. The van der Waals surface area contributed by atoms with Crippen LogP contribution in [0.25, 0.3) is 16.6 Å². The Bertz CT molecular complexity index is 1980. The van der Waals surface area contributed by atoms with Crippen molar-refractivity contribution in [3.63, 3.8) is 0 Å². The van der Waals surface area contributed by atoms with Crippen molar-refractivity contribution in [1.82, 2.24) is 13.7 Å². The maximum atomic E-state index is 14.8. The maximum Gasteiger partial charge on any atom is 0.336 e. The number of fused-ring (bicyclic) bond motifs is 1. The number of sulfonamides is 1. The second kappa shape index (κ2) is 9.62. The second-order valence-electron chi connectivity index (χ2n) is 9.71. The van der Waals surface area contributed by atoms with E-state index in [1.54, 1.807) is 25.1 Å². The zero-order valence-corrected chi connectivity index (χ0v) is 24.5. The van der Waals surface area contributed by atoms with Crippen LogP contribution in [0.3, 0.4) is 0 Å². The topological polar surface area (TPSA) is 124 Å². The molecule has 2 aromatic carbocycles. The quantitative estimate of drug-likeness (QED) is 0.303. The van der Waals surface area contributed by atoms with Crippen LogP contribution in [0, 0.1) is 23.2 Å². The van der Waals surface area contributed by atoms with Gasteiger partial charge in [0.15, 0.2) is 0 Å². The molecule has 0 atom stereocenters. The van der Waals surface area contributed by atoms with E-state index in [1.807, 2.05) is 22.6 Å². The van der Waals surface area contributed by atoms with Crippen LogP contribution in [-0.2, 0) is 17.1 Å². The molecule has 0 bridgehead atoms. The van der Waals surface area contributed by atoms with Gasteiger partial charge in [0.1, 0.15) is 17.0 Å². The van der Waals surface area contributed by atoms with Gasteiger partial charge < -0.3 is 5.32 Å². The summed E-state index contributed by atoms with van der Waals surface area (Å²) in [6.07, 6.45) is 2.33. The van der Waals surface area contributed by atoms with Crippen molar-refractivity contribution in [2.24, 2.45) is 7.05 Å². The van der Waals surface area contributed by atoms with E-state index in [1.165, 1.54) is 45.9 Å². The van der Waals surface area contributed by atoms with Crippen molar-refractivity contribution in [2.45, 2.75) is 32.7 Å². The third-order valence-corrected chi connectivity index (χ3v) is 7.96. The summed E-state index contributed by atoms with van der Waals surface area (Å²) in [7, 11) is -2.06. The van der Waals surface area contributed by atoms with Crippen LogP contribution in [0.5, 0.6) is 0 Å². The fourth-order valence-electron chi connectivity index (χ4n) is 4.67. The molecule has 0 aliphatic heterocycles. The molecule has 1 fully saturated rings. The van der Waals surface area contributed by atoms with Gasteiger partial charge in [0.05, 0.1) is 28.8 Å². The number of aryl methyl sites for hydroxylation is 2. The number of pyridine rings is 1. The Morgan fingerprint density at radius 3 is 2.26 bits per heavy atom. The van der Waals surface area contributed by atoms with Crippen LogP contribution >= 0.6 is 22.6 Å². The van der Waals surface area contributed by atoms with E-state index in [2.05, 4.69) is 10.0 Å². The zero-order valence-electron chi connectivity index (χ0n) is 21.5. The van der Waals surface area contributed by atoms with Crippen LogP contribution in [-0.4, -0.2) is 28.4 Å². The second-order valence-corrected chi connectivity index (χ2v) is 12.7. The molecule has 1 saturated carbocycles. The van der Waals surface area contributed by atoms with Gasteiger partial charge in [0.25, 0.3) is 11.1 Å². The Morgan fingerprint density at radius 2 is 1.67 bits per heavy atom. The summed E-state index contributed by atoms with van der Waals surface area (Å²) in [6.45, 7) is 3.21. The van der Waals surface area contributed by atoms with Gasteiger partial charge in [-0.2, -0.15) is 0 Å². The number of rotatable bonds is 6. The third-order valence-electron chi connectivity index (χ3n) is 6.70. The Kier molecular flexibility index (Phi) is 6.69. The minimum Gasteiger partial charge on any atom is -0.338 e. The van der Waals surface area contributed by atoms with Crippen LogP contribution in [0.2, 0.25) is 0 Å². The molecule has 2 heterocycles. The normalized spacial score (nSPS) is 13.6. The van der Waals surface area contributed by atoms with E-state index in [0.29, 0.717) is 33.4 Å². The van der Waals surface area contributed by atoms with Gasteiger partial charge in [-0.1, -0.05) is 0 Å². The van der Waals surface area contributed by atoms with Crippen molar-refractivity contribution in [1.29, 1.82) is 0 Å². The van der Waals surface area contributed by atoms with Gasteiger partial charge in [-0.3, -0.25) is 28.0 Å². The predicted octanol–water partition coefficient (Wildman–Crippen LogP) is 3.66. The Labute approximate surface area is 236 Å². The van der Waals surface area contributed by atoms with Crippen molar-refractivity contribution in [3.8, 4) is 5.69 Å². The van der Waals surface area contributed by atoms with Crippen molar-refractivity contribution in [2.75, 3.05) is 16.3 Å². The lowest BCUT2D eigenvalue weighted by molar-refractivity contribution is 0.606. The number of hydrogen-bond acceptors (Lipinski definition) is 6. The first-order valence-electron chi connectivity index (χ1n) is 12.0. The van der Waals surface area contributed by atoms with Crippen molar-refractivity contribution >= 4 is 60.7 Å². The number of anilines is 3. The molecular weight excluding hydrogens is 640 g/mol. The van der Waals surface area contributed by atoms with Crippen LogP contribution < -0.4 is 26.8 Å². The van der Waals surface area contributed by atoms with E-state index >= 15 is 0 Å². The fraction of sp³-hybridized carbons (Fsp3) is 0.269. The highest BCUT2D eigenvalue weighted by molar-refractivity contribution is 14.1. The summed E-state index contributed by atoms with van der Waals surface area (Å²) in [5.41, 5.74) is -0.123. The molecule has 204 valence electrons. The van der Waals surface area contributed by atoms with Gasteiger partial charge in [0.2, 0.25) is 10.0 Å². The first-order valence-corrected chi connectivity index (χ1v) is 15.0.